The van der Waals surface area contributed by atoms with E-state index in [1.54, 1.807) is 0 Å². The summed E-state index contributed by atoms with van der Waals surface area (Å²) in [6.07, 6.45) is 2.48. The molecule has 0 aliphatic rings. The normalized spacial score (nSPS) is 12.7. The van der Waals surface area contributed by atoms with E-state index in [9.17, 15) is 0 Å². The minimum atomic E-state index is -0.833. The first-order valence-corrected chi connectivity index (χ1v) is 7.54. The van der Waals surface area contributed by atoms with Gasteiger partial charge in [0.25, 0.3) is 0 Å². The Bertz CT molecular complexity index is 231. The Kier molecular flexibility index (Phi) is 5.57. The molecule has 1 rings (SSSR count). The van der Waals surface area contributed by atoms with E-state index in [4.69, 9.17) is 4.43 Å². The molecule has 0 spiro atoms. The van der Waals surface area contributed by atoms with Crippen molar-refractivity contribution in [1.82, 2.24) is 0 Å². The van der Waals surface area contributed by atoms with Crippen molar-refractivity contribution >= 4 is 9.04 Å². The summed E-state index contributed by atoms with van der Waals surface area (Å²) in [5.74, 6) is 0. The second kappa shape index (κ2) is 6.79. The summed E-state index contributed by atoms with van der Waals surface area (Å²) in [4.78, 5) is 0. The predicted molar refractivity (Wildman–Crippen MR) is 64.2 cm³/mol. The summed E-state index contributed by atoms with van der Waals surface area (Å²) in [6, 6.07) is 13.3. The first-order valence-electron chi connectivity index (χ1n) is 5.43. The smallest absolute Gasteiger partial charge is 0.176 e. The zero-order chi connectivity index (χ0) is 10.2. The van der Waals surface area contributed by atoms with Gasteiger partial charge in [0.15, 0.2) is 9.04 Å². The largest absolute Gasteiger partial charge is 0.423 e. The molecule has 1 atom stereocenters. The van der Waals surface area contributed by atoms with Crippen molar-refractivity contribution in [2.24, 2.45) is 0 Å². The lowest BCUT2D eigenvalue weighted by Crippen LogP contribution is -2.13. The molecule has 0 aliphatic heterocycles. The number of hydrogen-bond acceptors (Lipinski definition) is 1. The van der Waals surface area contributed by atoms with Gasteiger partial charge in [-0.25, -0.2) is 0 Å². The molecule has 1 aromatic carbocycles. The van der Waals surface area contributed by atoms with Gasteiger partial charge >= 0.3 is 0 Å². The molecule has 0 aliphatic carbocycles. The van der Waals surface area contributed by atoms with E-state index >= 15 is 0 Å². The number of hydrogen-bond donors (Lipinski definition) is 0. The Morgan fingerprint density at radius 1 is 1.21 bits per heavy atom. The molecule has 0 aromatic heterocycles. The quantitative estimate of drug-likeness (QED) is 0.653. The summed E-state index contributed by atoms with van der Waals surface area (Å²) < 4.78 is 5.48. The van der Waals surface area contributed by atoms with Gasteiger partial charge in [-0.05, 0) is 30.5 Å². The molecule has 0 radical (unpaired) electrons. The van der Waals surface area contributed by atoms with Crippen LogP contribution in [0.5, 0.6) is 0 Å². The zero-order valence-electron chi connectivity index (χ0n) is 9.20. The first-order chi connectivity index (χ1) is 6.86. The second-order valence-corrected chi connectivity index (χ2v) is 6.75. The molecule has 0 saturated carbocycles. The molecule has 0 bridgehead atoms. The van der Waals surface area contributed by atoms with Gasteiger partial charge in [0.1, 0.15) is 0 Å². The number of benzene rings is 1. The fourth-order valence-electron chi connectivity index (χ4n) is 1.67. The maximum absolute atomic E-state index is 5.48. The summed E-state index contributed by atoms with van der Waals surface area (Å²) in [7, 11) is 1.03. The highest BCUT2D eigenvalue weighted by Crippen LogP contribution is 2.09. The van der Waals surface area contributed by atoms with Gasteiger partial charge in [0, 0.05) is 7.11 Å². The SMILES string of the molecule is CC[SiH](CCCc1ccccc1)OC. The van der Waals surface area contributed by atoms with Crippen LogP contribution in [0.25, 0.3) is 0 Å². The summed E-state index contributed by atoms with van der Waals surface area (Å²) in [5.41, 5.74) is 1.45. The van der Waals surface area contributed by atoms with Gasteiger partial charge < -0.3 is 4.43 Å². The van der Waals surface area contributed by atoms with E-state index in [2.05, 4.69) is 37.3 Å². The molecule has 1 unspecified atom stereocenters. The van der Waals surface area contributed by atoms with Crippen LogP contribution in [0.15, 0.2) is 30.3 Å². The van der Waals surface area contributed by atoms with E-state index in [0.29, 0.717) is 0 Å². The summed E-state index contributed by atoms with van der Waals surface area (Å²) >= 11 is 0. The molecule has 0 heterocycles. The van der Waals surface area contributed by atoms with Gasteiger partial charge in [-0.2, -0.15) is 0 Å². The first kappa shape index (κ1) is 11.5. The average molecular weight is 208 g/mol. The Labute approximate surface area is 88.8 Å². The summed E-state index contributed by atoms with van der Waals surface area (Å²) in [6.45, 7) is 2.24. The van der Waals surface area contributed by atoms with E-state index in [1.165, 1.54) is 30.5 Å². The van der Waals surface area contributed by atoms with Gasteiger partial charge in [0.2, 0.25) is 0 Å². The Morgan fingerprint density at radius 3 is 2.50 bits per heavy atom. The Hall–Kier alpha value is -0.603. The lowest BCUT2D eigenvalue weighted by Gasteiger charge is -2.10. The van der Waals surface area contributed by atoms with Gasteiger partial charge in [-0.1, -0.05) is 37.3 Å². The molecule has 2 heteroatoms. The van der Waals surface area contributed by atoms with Crippen LogP contribution in [0.4, 0.5) is 0 Å². The third-order valence-electron chi connectivity index (χ3n) is 2.62. The second-order valence-electron chi connectivity index (χ2n) is 3.64. The standard InChI is InChI=1S/C12H20OSi/c1-3-14(13-2)11-7-10-12-8-5-4-6-9-12/h4-6,8-9,14H,3,7,10-11H2,1-2H3. The van der Waals surface area contributed by atoms with Crippen LogP contribution in [-0.2, 0) is 10.8 Å². The predicted octanol–water partition coefficient (Wildman–Crippen LogP) is 3.01. The van der Waals surface area contributed by atoms with E-state index in [-0.39, 0.29) is 0 Å². The highest BCUT2D eigenvalue weighted by Gasteiger charge is 2.06. The van der Waals surface area contributed by atoms with Crippen molar-refractivity contribution in [1.29, 1.82) is 0 Å². The third-order valence-corrected chi connectivity index (χ3v) is 5.25. The minimum absolute atomic E-state index is 0.833. The van der Waals surface area contributed by atoms with Crippen LogP contribution in [0.3, 0.4) is 0 Å². The third kappa shape index (κ3) is 4.07. The highest BCUT2D eigenvalue weighted by molar-refractivity contribution is 6.51. The van der Waals surface area contributed by atoms with Gasteiger partial charge in [-0.15, -0.1) is 0 Å². The Morgan fingerprint density at radius 2 is 1.93 bits per heavy atom. The molecule has 0 N–H and O–H groups in total. The van der Waals surface area contributed by atoms with Crippen LogP contribution in [0, 0.1) is 0 Å². The van der Waals surface area contributed by atoms with E-state index in [1.807, 2.05) is 7.11 Å². The monoisotopic (exact) mass is 208 g/mol. The molecule has 1 aromatic rings. The number of aryl methyl sites for hydroxylation is 1. The van der Waals surface area contributed by atoms with Crippen molar-refractivity contribution in [3.63, 3.8) is 0 Å². The highest BCUT2D eigenvalue weighted by atomic mass is 28.3. The average Bonchev–Trinajstić information content (AvgIpc) is 2.26. The molecular weight excluding hydrogens is 188 g/mol. The van der Waals surface area contributed by atoms with Gasteiger partial charge in [-0.3, -0.25) is 0 Å². The molecule has 14 heavy (non-hydrogen) atoms. The molecule has 0 fully saturated rings. The Balaban J connectivity index is 2.21. The lowest BCUT2D eigenvalue weighted by molar-refractivity contribution is 0.417. The van der Waals surface area contributed by atoms with Crippen LogP contribution in [-0.4, -0.2) is 16.2 Å². The van der Waals surface area contributed by atoms with Crippen LogP contribution >= 0.6 is 0 Å². The topological polar surface area (TPSA) is 9.23 Å². The maximum atomic E-state index is 5.48. The molecule has 78 valence electrons. The van der Waals surface area contributed by atoms with E-state index < -0.39 is 9.04 Å². The van der Waals surface area contributed by atoms with E-state index in [0.717, 1.165) is 0 Å². The lowest BCUT2D eigenvalue weighted by atomic mass is 10.1. The van der Waals surface area contributed by atoms with Crippen molar-refractivity contribution in [2.75, 3.05) is 7.11 Å². The van der Waals surface area contributed by atoms with Crippen molar-refractivity contribution < 1.29 is 4.43 Å². The zero-order valence-corrected chi connectivity index (χ0v) is 10.4. The fraction of sp³-hybridized carbons (Fsp3) is 0.500. The maximum Gasteiger partial charge on any atom is 0.176 e. The molecular formula is C12H20OSi. The molecule has 0 saturated heterocycles. The van der Waals surface area contributed by atoms with Gasteiger partial charge in [0.05, 0.1) is 0 Å². The fourth-order valence-corrected chi connectivity index (χ4v) is 3.30. The van der Waals surface area contributed by atoms with Crippen molar-refractivity contribution in [2.45, 2.75) is 31.9 Å². The number of rotatable bonds is 6. The molecule has 1 nitrogen and oxygen atoms in total. The van der Waals surface area contributed by atoms with Crippen LogP contribution < -0.4 is 0 Å². The molecule has 0 amide bonds. The van der Waals surface area contributed by atoms with Crippen molar-refractivity contribution in [3.05, 3.63) is 35.9 Å². The van der Waals surface area contributed by atoms with Crippen molar-refractivity contribution in [3.8, 4) is 0 Å². The minimum Gasteiger partial charge on any atom is -0.423 e. The van der Waals surface area contributed by atoms with Crippen LogP contribution in [0.2, 0.25) is 12.1 Å². The summed E-state index contributed by atoms with van der Waals surface area (Å²) in [5, 5.41) is 0. The van der Waals surface area contributed by atoms with Crippen LogP contribution in [0.1, 0.15) is 18.9 Å².